The highest BCUT2D eigenvalue weighted by atomic mass is 32.2. The fourth-order valence-corrected chi connectivity index (χ4v) is 4.11. The topological polar surface area (TPSA) is 0 Å². The molecule has 0 amide bonds. The van der Waals surface area contributed by atoms with Crippen molar-refractivity contribution in [2.75, 3.05) is 0 Å². The third-order valence-corrected chi connectivity index (χ3v) is 4.57. The van der Waals surface area contributed by atoms with Crippen molar-refractivity contribution in [3.63, 3.8) is 0 Å². The lowest BCUT2D eigenvalue weighted by Crippen LogP contribution is -2.16. The fourth-order valence-electron chi connectivity index (χ4n) is 2.30. The van der Waals surface area contributed by atoms with Gasteiger partial charge in [-0.25, -0.2) is 0 Å². The van der Waals surface area contributed by atoms with Crippen LogP contribution < -0.4 is 0 Å². The number of hydrogen-bond acceptors (Lipinski definition) is 1. The Morgan fingerprint density at radius 3 is 1.89 bits per heavy atom. The first-order valence-electron chi connectivity index (χ1n) is 3.82. The number of rotatable bonds is 0. The molecule has 1 saturated heterocycles. The van der Waals surface area contributed by atoms with Crippen molar-refractivity contribution in [3.8, 4) is 0 Å². The minimum absolute atomic E-state index is 0.999. The SMILES string of the molecule is C1CC2=C1C1CCC2S1. The van der Waals surface area contributed by atoms with Crippen molar-refractivity contribution in [3.05, 3.63) is 11.1 Å². The van der Waals surface area contributed by atoms with Crippen LogP contribution in [0.2, 0.25) is 0 Å². The Labute approximate surface area is 59.7 Å². The van der Waals surface area contributed by atoms with Gasteiger partial charge in [0.1, 0.15) is 0 Å². The third-order valence-electron chi connectivity index (χ3n) is 2.87. The molecule has 2 bridgehead atoms. The molecule has 2 heterocycles. The summed E-state index contributed by atoms with van der Waals surface area (Å²) >= 11 is 2.24. The molecule has 9 heavy (non-hydrogen) atoms. The van der Waals surface area contributed by atoms with Gasteiger partial charge >= 0.3 is 0 Å². The highest BCUT2D eigenvalue weighted by Crippen LogP contribution is 2.56. The Kier molecular flexibility index (Phi) is 0.748. The van der Waals surface area contributed by atoms with E-state index in [4.69, 9.17) is 0 Å². The van der Waals surface area contributed by atoms with E-state index < -0.39 is 0 Å². The van der Waals surface area contributed by atoms with Gasteiger partial charge in [0.15, 0.2) is 0 Å². The van der Waals surface area contributed by atoms with Gasteiger partial charge in [-0.1, -0.05) is 11.1 Å². The lowest BCUT2D eigenvalue weighted by molar-refractivity contribution is 0.628. The van der Waals surface area contributed by atoms with Crippen LogP contribution in [0.4, 0.5) is 0 Å². The molecule has 1 fully saturated rings. The second-order valence-corrected chi connectivity index (χ2v) is 4.65. The summed E-state index contributed by atoms with van der Waals surface area (Å²) in [6.07, 6.45) is 5.88. The van der Waals surface area contributed by atoms with Crippen molar-refractivity contribution in [1.82, 2.24) is 0 Å². The average Bonchev–Trinajstić information content (AvgIpc) is 2.18. The monoisotopic (exact) mass is 138 g/mol. The molecule has 0 N–H and O–H groups in total. The maximum atomic E-state index is 2.24. The van der Waals surface area contributed by atoms with E-state index >= 15 is 0 Å². The summed E-state index contributed by atoms with van der Waals surface area (Å²) in [4.78, 5) is 0. The summed E-state index contributed by atoms with van der Waals surface area (Å²) in [5, 5.41) is 2.00. The Morgan fingerprint density at radius 2 is 1.56 bits per heavy atom. The predicted octanol–water partition coefficient (Wildman–Crippen LogP) is 2.35. The van der Waals surface area contributed by atoms with E-state index in [1.54, 1.807) is 0 Å². The summed E-state index contributed by atoms with van der Waals surface area (Å²) in [6.45, 7) is 0. The van der Waals surface area contributed by atoms with E-state index in [1.807, 2.05) is 11.1 Å². The molecule has 0 aromatic heterocycles. The maximum Gasteiger partial charge on any atom is 0.0266 e. The molecule has 0 aromatic rings. The van der Waals surface area contributed by atoms with Gasteiger partial charge in [0.25, 0.3) is 0 Å². The third kappa shape index (κ3) is 0.441. The highest BCUT2D eigenvalue weighted by molar-refractivity contribution is 8.01. The first-order valence-corrected chi connectivity index (χ1v) is 4.77. The van der Waals surface area contributed by atoms with Crippen molar-refractivity contribution in [2.45, 2.75) is 36.2 Å². The van der Waals surface area contributed by atoms with Crippen molar-refractivity contribution < 1.29 is 0 Å². The van der Waals surface area contributed by atoms with Gasteiger partial charge in [0.2, 0.25) is 0 Å². The van der Waals surface area contributed by atoms with Crippen LogP contribution in [0.25, 0.3) is 0 Å². The summed E-state index contributed by atoms with van der Waals surface area (Å²) in [5.74, 6) is 0. The second kappa shape index (κ2) is 1.39. The molecule has 3 aliphatic rings. The predicted molar refractivity (Wildman–Crippen MR) is 40.7 cm³/mol. The fraction of sp³-hybridized carbons (Fsp3) is 0.750. The normalized spacial score (nSPS) is 45.3. The zero-order valence-corrected chi connectivity index (χ0v) is 6.21. The molecule has 0 saturated carbocycles. The summed E-state index contributed by atoms with van der Waals surface area (Å²) in [5.41, 5.74) is 3.72. The Bertz CT molecular complexity index is 173. The van der Waals surface area contributed by atoms with Gasteiger partial charge in [0.05, 0.1) is 0 Å². The van der Waals surface area contributed by atoms with E-state index in [-0.39, 0.29) is 0 Å². The molecule has 1 aliphatic carbocycles. The first-order chi connectivity index (χ1) is 4.45. The van der Waals surface area contributed by atoms with Crippen molar-refractivity contribution >= 4 is 11.8 Å². The maximum absolute atomic E-state index is 2.24. The van der Waals surface area contributed by atoms with Gasteiger partial charge in [-0.2, -0.15) is 0 Å². The van der Waals surface area contributed by atoms with Gasteiger partial charge in [-0.15, -0.1) is 11.8 Å². The molecule has 2 unspecified atom stereocenters. The van der Waals surface area contributed by atoms with Crippen LogP contribution in [0, 0.1) is 0 Å². The first kappa shape index (κ1) is 4.84. The molecule has 1 heteroatoms. The zero-order chi connectivity index (χ0) is 5.84. The Hall–Kier alpha value is 0.0900. The average molecular weight is 138 g/mol. The second-order valence-electron chi connectivity index (χ2n) is 3.24. The minimum atomic E-state index is 0.999. The Morgan fingerprint density at radius 1 is 1.00 bits per heavy atom. The minimum Gasteiger partial charge on any atom is -0.146 e. The molecule has 0 aromatic carbocycles. The standard InChI is InChI=1S/C8H10S/c1-2-6-5(1)7-3-4-8(6)9-7/h7-8H,1-4H2. The van der Waals surface area contributed by atoms with Crippen molar-refractivity contribution in [1.29, 1.82) is 0 Å². The van der Waals surface area contributed by atoms with Crippen LogP contribution in [0.3, 0.4) is 0 Å². The van der Waals surface area contributed by atoms with E-state index in [0.29, 0.717) is 0 Å². The Balaban J connectivity index is 2.12. The van der Waals surface area contributed by atoms with Crippen LogP contribution in [-0.4, -0.2) is 10.5 Å². The van der Waals surface area contributed by atoms with Crippen LogP contribution in [-0.2, 0) is 0 Å². The van der Waals surface area contributed by atoms with Gasteiger partial charge in [0, 0.05) is 10.5 Å². The van der Waals surface area contributed by atoms with E-state index in [1.165, 1.54) is 25.7 Å². The van der Waals surface area contributed by atoms with Gasteiger partial charge < -0.3 is 0 Å². The molecule has 0 nitrogen and oxygen atoms in total. The number of fused-ring (bicyclic) bond motifs is 4. The van der Waals surface area contributed by atoms with E-state index in [2.05, 4.69) is 11.8 Å². The van der Waals surface area contributed by atoms with Crippen LogP contribution in [0.15, 0.2) is 11.1 Å². The molecule has 2 aliphatic heterocycles. The smallest absolute Gasteiger partial charge is 0.0266 e. The van der Waals surface area contributed by atoms with Gasteiger partial charge in [-0.3, -0.25) is 0 Å². The number of thioether (sulfide) groups is 1. The lowest BCUT2D eigenvalue weighted by Gasteiger charge is -2.26. The largest absolute Gasteiger partial charge is 0.146 e. The van der Waals surface area contributed by atoms with Crippen LogP contribution in [0.5, 0.6) is 0 Å². The quantitative estimate of drug-likeness (QED) is 0.463. The summed E-state index contributed by atoms with van der Waals surface area (Å²) in [7, 11) is 0. The molecule has 0 radical (unpaired) electrons. The van der Waals surface area contributed by atoms with Gasteiger partial charge in [-0.05, 0) is 25.7 Å². The molecule has 2 atom stereocenters. The molecular weight excluding hydrogens is 128 g/mol. The zero-order valence-electron chi connectivity index (χ0n) is 5.39. The van der Waals surface area contributed by atoms with Crippen LogP contribution >= 0.6 is 11.8 Å². The van der Waals surface area contributed by atoms with Crippen molar-refractivity contribution in [2.24, 2.45) is 0 Å². The molecule has 0 spiro atoms. The summed E-state index contributed by atoms with van der Waals surface area (Å²) < 4.78 is 0. The lowest BCUT2D eigenvalue weighted by atomic mass is 9.78. The molecule has 3 rings (SSSR count). The highest BCUT2D eigenvalue weighted by Gasteiger charge is 2.43. The van der Waals surface area contributed by atoms with E-state index in [9.17, 15) is 0 Å². The van der Waals surface area contributed by atoms with E-state index in [0.717, 1.165) is 10.5 Å². The molecular formula is C8H10S. The summed E-state index contributed by atoms with van der Waals surface area (Å²) in [6, 6.07) is 0. The molecule has 48 valence electrons. The van der Waals surface area contributed by atoms with Crippen LogP contribution in [0.1, 0.15) is 25.7 Å². The number of hydrogen-bond donors (Lipinski definition) is 0.